The van der Waals surface area contributed by atoms with Gasteiger partial charge in [0.15, 0.2) is 0 Å². The first kappa shape index (κ1) is 26.0. The van der Waals surface area contributed by atoms with Crippen molar-refractivity contribution in [3.05, 3.63) is 94.1 Å². The zero-order valence-electron chi connectivity index (χ0n) is 22.2. The normalized spacial score (nSPS) is 16.9. The summed E-state index contributed by atoms with van der Waals surface area (Å²) in [5.41, 5.74) is 4.39. The van der Waals surface area contributed by atoms with E-state index in [2.05, 4.69) is 0 Å². The van der Waals surface area contributed by atoms with Gasteiger partial charge in [-0.25, -0.2) is 0 Å². The van der Waals surface area contributed by atoms with Gasteiger partial charge < -0.3 is 14.6 Å². The molecule has 6 heteroatoms. The highest BCUT2D eigenvalue weighted by molar-refractivity contribution is 6.51. The third kappa shape index (κ3) is 4.84. The number of ether oxygens (including phenoxy) is 2. The molecule has 6 nitrogen and oxygen atoms in total. The van der Waals surface area contributed by atoms with Crippen molar-refractivity contribution in [2.24, 2.45) is 0 Å². The number of methoxy groups -OCH3 is 1. The smallest absolute Gasteiger partial charge is 0.300 e. The van der Waals surface area contributed by atoms with Crippen molar-refractivity contribution in [3.8, 4) is 11.5 Å². The average molecular weight is 500 g/mol. The number of nitrogens with zero attached hydrogens (tertiary/aromatic N) is 1. The summed E-state index contributed by atoms with van der Waals surface area (Å²) in [6.45, 7) is 10.2. The Balaban J connectivity index is 1.99. The number of carbonyl (C=O) groups is 2. The maximum atomic E-state index is 13.6. The van der Waals surface area contributed by atoms with Crippen molar-refractivity contribution in [1.82, 2.24) is 0 Å². The van der Waals surface area contributed by atoms with Gasteiger partial charge in [0.2, 0.25) is 0 Å². The Bertz CT molecular complexity index is 1390. The zero-order valence-corrected chi connectivity index (χ0v) is 22.2. The van der Waals surface area contributed by atoms with Crippen molar-refractivity contribution in [3.63, 3.8) is 0 Å². The number of aliphatic hydroxyl groups is 1. The molecule has 1 N–H and O–H groups in total. The highest BCUT2D eigenvalue weighted by Crippen LogP contribution is 2.44. The molecule has 3 aromatic carbocycles. The van der Waals surface area contributed by atoms with E-state index in [1.165, 1.54) is 4.90 Å². The van der Waals surface area contributed by atoms with Crippen LogP contribution in [0.4, 0.5) is 5.69 Å². The molecular weight excluding hydrogens is 466 g/mol. The fraction of sp³-hybridized carbons (Fsp3) is 0.290. The van der Waals surface area contributed by atoms with Gasteiger partial charge in [0, 0.05) is 11.3 Å². The predicted molar refractivity (Wildman–Crippen MR) is 145 cm³/mol. The number of amides is 1. The summed E-state index contributed by atoms with van der Waals surface area (Å²) in [7, 11) is 1.61. The minimum atomic E-state index is -0.828. The highest BCUT2D eigenvalue weighted by atomic mass is 16.5. The molecule has 1 heterocycles. The molecule has 0 saturated carbocycles. The first-order chi connectivity index (χ1) is 17.7. The minimum Gasteiger partial charge on any atom is -0.507 e. The Kier molecular flexibility index (Phi) is 7.39. The minimum absolute atomic E-state index is 0.0446. The van der Waals surface area contributed by atoms with Crippen LogP contribution < -0.4 is 14.4 Å². The Labute approximate surface area is 218 Å². The second kappa shape index (κ2) is 10.5. The molecule has 37 heavy (non-hydrogen) atoms. The van der Waals surface area contributed by atoms with Crippen LogP contribution in [-0.4, -0.2) is 30.5 Å². The summed E-state index contributed by atoms with van der Waals surface area (Å²) in [5.74, 6) is -0.165. The number of rotatable bonds is 7. The number of anilines is 1. The molecule has 0 radical (unpaired) electrons. The van der Waals surface area contributed by atoms with E-state index >= 15 is 0 Å². The number of benzene rings is 3. The molecule has 1 unspecified atom stereocenters. The van der Waals surface area contributed by atoms with E-state index < -0.39 is 17.7 Å². The number of hydrogen-bond acceptors (Lipinski definition) is 5. The predicted octanol–water partition coefficient (Wildman–Crippen LogP) is 6.46. The maximum absolute atomic E-state index is 13.6. The molecule has 1 amide bonds. The van der Waals surface area contributed by atoms with Crippen LogP contribution in [0.3, 0.4) is 0 Å². The van der Waals surface area contributed by atoms with Crippen LogP contribution in [0.2, 0.25) is 0 Å². The fourth-order valence-corrected chi connectivity index (χ4v) is 4.86. The summed E-state index contributed by atoms with van der Waals surface area (Å²) in [6, 6.07) is 17.6. The molecule has 0 aromatic heterocycles. The van der Waals surface area contributed by atoms with E-state index in [4.69, 9.17) is 9.47 Å². The van der Waals surface area contributed by atoms with E-state index in [1.807, 2.05) is 89.2 Å². The number of hydrogen-bond donors (Lipinski definition) is 1. The largest absolute Gasteiger partial charge is 0.507 e. The van der Waals surface area contributed by atoms with Crippen molar-refractivity contribution in [1.29, 1.82) is 0 Å². The van der Waals surface area contributed by atoms with E-state index in [0.29, 0.717) is 34.9 Å². The molecule has 1 aliphatic heterocycles. The van der Waals surface area contributed by atoms with Crippen molar-refractivity contribution in [2.45, 2.75) is 46.6 Å². The summed E-state index contributed by atoms with van der Waals surface area (Å²) in [5, 5.41) is 11.7. The van der Waals surface area contributed by atoms with Gasteiger partial charge in [-0.05, 0) is 85.3 Å². The summed E-state index contributed by atoms with van der Waals surface area (Å²) >= 11 is 0. The SMILES string of the molecule is CCOc1cccc(C2/C(=C(\O)c3cc(C(C)C)c(OC)cc3C)C(=O)C(=O)N2c2cccc(C)c2)c1. The number of Topliss-reactive ketones (excluding diaryl/α,β-unsaturated/α-hetero) is 1. The lowest BCUT2D eigenvalue weighted by Gasteiger charge is -2.26. The van der Waals surface area contributed by atoms with Gasteiger partial charge in [-0.1, -0.05) is 38.1 Å². The second-order valence-electron chi connectivity index (χ2n) is 9.58. The fourth-order valence-electron chi connectivity index (χ4n) is 4.86. The van der Waals surface area contributed by atoms with Crippen LogP contribution in [0.15, 0.2) is 66.2 Å². The molecule has 1 aliphatic rings. The van der Waals surface area contributed by atoms with Gasteiger partial charge >= 0.3 is 0 Å². The lowest BCUT2D eigenvalue weighted by atomic mass is 9.91. The van der Waals surface area contributed by atoms with Gasteiger partial charge in [-0.15, -0.1) is 0 Å². The van der Waals surface area contributed by atoms with Gasteiger partial charge in [0.05, 0.1) is 25.3 Å². The van der Waals surface area contributed by atoms with Crippen molar-refractivity contribution >= 4 is 23.1 Å². The van der Waals surface area contributed by atoms with E-state index in [0.717, 1.165) is 16.7 Å². The van der Waals surface area contributed by atoms with Crippen LogP contribution in [-0.2, 0) is 9.59 Å². The summed E-state index contributed by atoms with van der Waals surface area (Å²) in [4.78, 5) is 28.5. The zero-order chi connectivity index (χ0) is 26.9. The lowest BCUT2D eigenvalue weighted by molar-refractivity contribution is -0.132. The van der Waals surface area contributed by atoms with Crippen LogP contribution >= 0.6 is 0 Å². The van der Waals surface area contributed by atoms with Gasteiger partial charge in [0.1, 0.15) is 17.3 Å². The Morgan fingerprint density at radius 3 is 2.41 bits per heavy atom. The first-order valence-corrected chi connectivity index (χ1v) is 12.5. The van der Waals surface area contributed by atoms with Gasteiger partial charge in [0.25, 0.3) is 11.7 Å². The Morgan fingerprint density at radius 2 is 1.76 bits per heavy atom. The molecule has 3 aromatic rings. The number of carbonyl (C=O) groups excluding carboxylic acids is 2. The monoisotopic (exact) mass is 499 g/mol. The standard InChI is InChI=1S/C31H33NO5/c1-7-37-23-13-9-11-21(16-23)28-27(30(34)31(35)32(28)22-12-8-10-19(4)14-22)29(33)25-17-24(18(2)3)26(36-6)15-20(25)5/h8-18,28,33H,7H2,1-6H3/b29-27+. The maximum Gasteiger partial charge on any atom is 0.300 e. The number of aryl methyl sites for hydroxylation is 2. The molecule has 0 aliphatic carbocycles. The first-order valence-electron chi connectivity index (χ1n) is 12.5. The highest BCUT2D eigenvalue weighted by Gasteiger charge is 2.47. The molecule has 1 atom stereocenters. The van der Waals surface area contributed by atoms with E-state index in [-0.39, 0.29) is 17.3 Å². The van der Waals surface area contributed by atoms with Crippen LogP contribution in [0, 0.1) is 13.8 Å². The molecule has 1 saturated heterocycles. The summed E-state index contributed by atoms with van der Waals surface area (Å²) in [6.07, 6.45) is 0. The van der Waals surface area contributed by atoms with Crippen LogP contribution in [0.1, 0.15) is 60.5 Å². The number of aliphatic hydroxyl groups excluding tert-OH is 1. The Morgan fingerprint density at radius 1 is 1.03 bits per heavy atom. The third-order valence-electron chi connectivity index (χ3n) is 6.66. The van der Waals surface area contributed by atoms with Gasteiger partial charge in [-0.2, -0.15) is 0 Å². The molecular formula is C31H33NO5. The topological polar surface area (TPSA) is 76.1 Å². The quantitative estimate of drug-likeness (QED) is 0.229. The van der Waals surface area contributed by atoms with Crippen LogP contribution in [0.5, 0.6) is 11.5 Å². The van der Waals surface area contributed by atoms with E-state index in [9.17, 15) is 14.7 Å². The molecule has 0 spiro atoms. The van der Waals surface area contributed by atoms with E-state index in [1.54, 1.807) is 13.2 Å². The van der Waals surface area contributed by atoms with Crippen molar-refractivity contribution < 1.29 is 24.2 Å². The van der Waals surface area contributed by atoms with Crippen molar-refractivity contribution in [2.75, 3.05) is 18.6 Å². The molecule has 0 bridgehead atoms. The molecule has 1 fully saturated rings. The number of ketones is 1. The second-order valence-corrected chi connectivity index (χ2v) is 9.58. The molecule has 4 rings (SSSR count). The summed E-state index contributed by atoms with van der Waals surface area (Å²) < 4.78 is 11.3. The van der Waals surface area contributed by atoms with Crippen LogP contribution in [0.25, 0.3) is 5.76 Å². The Hall–Kier alpha value is -4.06. The average Bonchev–Trinajstić information content (AvgIpc) is 3.14. The third-order valence-corrected chi connectivity index (χ3v) is 6.66. The molecule has 192 valence electrons. The lowest BCUT2D eigenvalue weighted by Crippen LogP contribution is -2.29. The van der Waals surface area contributed by atoms with Gasteiger partial charge in [-0.3, -0.25) is 14.5 Å².